The number of carbonyl (C=O) groups is 2. The molecule has 0 aromatic heterocycles. The molecule has 0 unspecified atom stereocenters. The summed E-state index contributed by atoms with van der Waals surface area (Å²) in [6.07, 6.45) is 0. The number of para-hydroxylation sites is 2. The number of hydrogen-bond donors (Lipinski definition) is 6. The quantitative estimate of drug-likeness (QED) is 0.0672. The molecule has 8 N–H and O–H groups in total. The maximum absolute atomic E-state index is 11.9. The highest BCUT2D eigenvalue weighted by Crippen LogP contribution is 2.32. The molecule has 2 amide bonds. The Balaban J connectivity index is 0.000000377. The van der Waals surface area contributed by atoms with E-state index in [0.29, 0.717) is 5.69 Å². The summed E-state index contributed by atoms with van der Waals surface area (Å²) in [4.78, 5) is 89.8. The van der Waals surface area contributed by atoms with Crippen LogP contribution in [0.15, 0.2) is 65.2 Å². The first-order valence-corrected chi connectivity index (χ1v) is 14.4. The number of halogens is 1. The van der Waals surface area contributed by atoms with Gasteiger partial charge in [0, 0.05) is 34.3 Å². The third kappa shape index (κ3) is 9.34. The molecule has 20 heteroatoms. The maximum atomic E-state index is 11.9. The van der Waals surface area contributed by atoms with Gasteiger partial charge in [0.2, 0.25) is 23.0 Å². The van der Waals surface area contributed by atoms with Crippen LogP contribution < -0.4 is 70.2 Å². The normalized spacial score (nSPS) is 9.89. The van der Waals surface area contributed by atoms with Crippen molar-refractivity contribution in [2.75, 3.05) is 54.8 Å². The van der Waals surface area contributed by atoms with Crippen LogP contribution in [0.5, 0.6) is 40.2 Å². The molecule has 284 valence electrons. The molecule has 0 saturated carbocycles. The first-order chi connectivity index (χ1) is 24.3. The number of nitrogens with one attached hydrogen (secondary N) is 1. The largest absolute Gasteiger partial charge is 1.00 e. The molecular weight excluding hydrogens is 728 g/mol. The van der Waals surface area contributed by atoms with E-state index >= 15 is 0 Å². The predicted molar refractivity (Wildman–Crippen MR) is 185 cm³/mol. The second-order valence-electron chi connectivity index (χ2n) is 10.7. The first-order valence-electron chi connectivity index (χ1n) is 14.4. The molecule has 5 aromatic rings. The number of phenolic OH excluding ortho intramolecular Hbond substituents is 2. The van der Waals surface area contributed by atoms with E-state index in [1.807, 2.05) is 0 Å². The van der Waals surface area contributed by atoms with E-state index in [-0.39, 0.29) is 75.5 Å². The Hall–Kier alpha value is -6.73. The molecule has 0 spiro atoms. The number of anilines is 2. The van der Waals surface area contributed by atoms with Crippen LogP contribution in [0.3, 0.4) is 0 Å². The number of benzene rings is 2. The number of amides is 2. The number of hydrogen-bond acceptors (Lipinski definition) is 16. The van der Waals surface area contributed by atoms with E-state index in [1.165, 1.54) is 43.3 Å². The molecule has 0 aliphatic carbocycles. The molecule has 0 bridgehead atoms. The van der Waals surface area contributed by atoms with Gasteiger partial charge < -0.3 is 67.9 Å². The van der Waals surface area contributed by atoms with Crippen LogP contribution in [-0.4, -0.2) is 91.6 Å². The van der Waals surface area contributed by atoms with Gasteiger partial charge in [-0.3, -0.25) is 38.4 Å². The molecule has 0 atom stereocenters. The summed E-state index contributed by atoms with van der Waals surface area (Å²) < 4.78 is 13.9. The topological polar surface area (TPSA) is 291 Å². The summed E-state index contributed by atoms with van der Waals surface area (Å²) in [5.41, 5.74) is -0.141. The number of carbonyl (C=O) groups excluding carboxylic acids is 2. The number of ether oxygens (including phenoxy) is 3. The Bertz CT molecular complexity index is 2260. The fourth-order valence-electron chi connectivity index (χ4n) is 3.96. The Morgan fingerprint density at radius 2 is 0.943 bits per heavy atom. The summed E-state index contributed by atoms with van der Waals surface area (Å²) in [7, 11) is 10.3. The molecule has 5 rings (SSSR count). The Morgan fingerprint density at radius 3 is 1.32 bits per heavy atom. The van der Waals surface area contributed by atoms with Crippen LogP contribution in [-0.2, 0) is 0 Å². The average Bonchev–Trinajstić information content (AvgIpc) is 3.13. The monoisotopic (exact) mass is 762 g/mol. The molecule has 0 aliphatic rings. The summed E-state index contributed by atoms with van der Waals surface area (Å²) in [6.45, 7) is 0. The smallest absolute Gasteiger partial charge is 0.275 e. The van der Waals surface area contributed by atoms with E-state index in [1.54, 1.807) is 52.5 Å². The van der Waals surface area contributed by atoms with Gasteiger partial charge >= 0.3 is 0 Å². The van der Waals surface area contributed by atoms with Gasteiger partial charge in [-0.05, 0) is 18.2 Å². The van der Waals surface area contributed by atoms with Crippen LogP contribution in [0.4, 0.5) is 17.1 Å². The van der Waals surface area contributed by atoms with E-state index in [2.05, 4.69) is 20.5 Å². The van der Waals surface area contributed by atoms with Crippen molar-refractivity contribution in [1.82, 2.24) is 9.80 Å². The number of rotatable bonds is 7. The zero-order valence-electron chi connectivity index (χ0n) is 29.2. The highest BCUT2D eigenvalue weighted by Gasteiger charge is 2.24. The average molecular weight is 763 g/mol. The van der Waals surface area contributed by atoms with Gasteiger partial charge in [-0.15, -0.1) is 0 Å². The third-order valence-corrected chi connectivity index (χ3v) is 6.85. The number of aromatic hydroxyl groups is 4. The molecule has 19 nitrogen and oxygen atoms in total. The van der Waals surface area contributed by atoms with Crippen molar-refractivity contribution in [3.05, 3.63) is 109 Å². The SMILES string of the molecule is CN(C)C(=O)c1cccc([NH3+])c1O.COc1c(Nc2cccc(C(=O)N(C)C)c2O)c(=O)c1=O.COc1c(OC)c(=O)c1=O.O=c1c(O)c(O)c1=O.[Cl-]. The lowest BCUT2D eigenvalue weighted by Gasteiger charge is -2.16. The first kappa shape index (κ1) is 44.3. The number of quaternary nitrogens is 1. The number of methoxy groups -OCH3 is 3. The van der Waals surface area contributed by atoms with Crippen molar-refractivity contribution in [2.45, 2.75) is 0 Å². The van der Waals surface area contributed by atoms with E-state index < -0.39 is 44.1 Å². The second kappa shape index (κ2) is 18.5. The molecular formula is C33H35ClN4O15. The number of phenols is 2. The number of nitrogens with zero attached hydrogens (tertiary/aromatic N) is 2. The zero-order valence-corrected chi connectivity index (χ0v) is 30.0. The van der Waals surface area contributed by atoms with Crippen LogP contribution in [0, 0.1) is 0 Å². The van der Waals surface area contributed by atoms with Crippen LogP contribution in [0.2, 0.25) is 0 Å². The Labute approximate surface area is 304 Å². The van der Waals surface area contributed by atoms with Crippen molar-refractivity contribution in [3.8, 4) is 40.2 Å². The fourth-order valence-corrected chi connectivity index (χ4v) is 3.96. The molecule has 0 aliphatic heterocycles. The highest BCUT2D eigenvalue weighted by atomic mass is 35.5. The van der Waals surface area contributed by atoms with E-state index in [9.17, 15) is 48.6 Å². The highest BCUT2D eigenvalue weighted by molar-refractivity contribution is 5.99. The summed E-state index contributed by atoms with van der Waals surface area (Å²) in [5.74, 6) is -2.64. The van der Waals surface area contributed by atoms with Crippen LogP contribution >= 0.6 is 0 Å². The van der Waals surface area contributed by atoms with Gasteiger partial charge in [0.05, 0.1) is 38.1 Å². The fraction of sp³-hybridized carbons (Fsp3) is 0.212. The van der Waals surface area contributed by atoms with E-state index in [0.717, 1.165) is 0 Å². The third-order valence-electron chi connectivity index (χ3n) is 6.85. The zero-order chi connectivity index (χ0) is 39.8. The standard InChI is InChI=1S/C14H14N2O5.C9H12N2O2.C6H6O4.C4H2O4.ClH/c1-16(2)14(20)7-5-4-6-8(10(7)17)15-9-11(18)12(19)13(9)21-3;1-11(2)9(13)6-4-3-5-7(10)8(6)12;1-9-5-3(7)4(8)6(5)10-2;5-1-2(6)4(8)3(1)7;/h4-6,15,17H,1-3H3;3-5,12H,10H2,1-2H3;1-2H3;5-6H;1H. The van der Waals surface area contributed by atoms with Gasteiger partial charge in [-0.25, -0.2) is 0 Å². The molecule has 0 heterocycles. The lowest BCUT2D eigenvalue weighted by atomic mass is 10.1. The summed E-state index contributed by atoms with van der Waals surface area (Å²) in [5, 5.41) is 38.7. The van der Waals surface area contributed by atoms with E-state index in [4.69, 9.17) is 14.9 Å². The molecule has 5 aromatic carbocycles. The minimum atomic E-state index is -1.01. The lowest BCUT2D eigenvalue weighted by molar-refractivity contribution is -0.256. The maximum Gasteiger partial charge on any atom is 0.275 e. The lowest BCUT2D eigenvalue weighted by Crippen LogP contribution is -3.00. The minimum absolute atomic E-state index is 0. The molecule has 53 heavy (non-hydrogen) atoms. The van der Waals surface area contributed by atoms with Gasteiger partial charge in [0.25, 0.3) is 44.4 Å². The van der Waals surface area contributed by atoms with Crippen molar-refractivity contribution < 1.29 is 62.4 Å². The second-order valence-corrected chi connectivity index (χ2v) is 10.7. The van der Waals surface area contributed by atoms with Gasteiger partial charge in [0.1, 0.15) is 5.69 Å². The summed E-state index contributed by atoms with van der Waals surface area (Å²) >= 11 is 0. The Morgan fingerprint density at radius 1 is 0.566 bits per heavy atom. The van der Waals surface area contributed by atoms with Crippen molar-refractivity contribution >= 4 is 28.9 Å². The van der Waals surface area contributed by atoms with Gasteiger partial charge in [-0.1, -0.05) is 12.1 Å². The van der Waals surface area contributed by atoms with Crippen molar-refractivity contribution in [2.24, 2.45) is 0 Å². The molecule has 0 radical (unpaired) electrons. The van der Waals surface area contributed by atoms with Gasteiger partial charge in [0.15, 0.2) is 22.9 Å². The van der Waals surface area contributed by atoms with Crippen LogP contribution in [0.25, 0.3) is 0 Å². The Kier molecular flexibility index (Phi) is 15.5. The predicted octanol–water partition coefficient (Wildman–Crippen LogP) is -4.59. The van der Waals surface area contributed by atoms with Crippen molar-refractivity contribution in [1.29, 1.82) is 0 Å². The molecule has 0 fully saturated rings. The summed E-state index contributed by atoms with van der Waals surface area (Å²) in [6, 6.07) is 9.42. The minimum Gasteiger partial charge on any atom is -1.00 e. The molecule has 0 saturated heterocycles. The van der Waals surface area contributed by atoms with Crippen molar-refractivity contribution in [3.63, 3.8) is 0 Å². The van der Waals surface area contributed by atoms with Crippen LogP contribution in [0.1, 0.15) is 20.7 Å². The van der Waals surface area contributed by atoms with Gasteiger partial charge in [-0.2, -0.15) is 0 Å².